The van der Waals surface area contributed by atoms with Gasteiger partial charge in [-0.1, -0.05) is 0 Å². The summed E-state index contributed by atoms with van der Waals surface area (Å²) in [6, 6.07) is 3.69. The van der Waals surface area contributed by atoms with Gasteiger partial charge in [-0.05, 0) is 52.3 Å². The van der Waals surface area contributed by atoms with Gasteiger partial charge in [0.1, 0.15) is 5.60 Å². The van der Waals surface area contributed by atoms with E-state index in [1.54, 1.807) is 23.5 Å². The Morgan fingerprint density at radius 3 is 2.52 bits per heavy atom. The number of piperazine rings is 1. The molecule has 9 nitrogen and oxygen atoms in total. The third kappa shape index (κ3) is 7.58. The molecule has 0 unspecified atom stereocenters. The molecule has 1 saturated heterocycles. The average molecular weight is 402 g/mol. The third-order valence-electron chi connectivity index (χ3n) is 4.55. The lowest BCUT2D eigenvalue weighted by molar-refractivity contribution is 0.0144. The normalized spacial score (nSPS) is 15.7. The number of aromatic nitrogens is 1. The molecule has 2 rings (SSSR count). The molecule has 9 heteroatoms. The first-order valence-corrected chi connectivity index (χ1v) is 9.90. The van der Waals surface area contributed by atoms with Crippen molar-refractivity contribution in [1.82, 2.24) is 14.8 Å². The van der Waals surface area contributed by atoms with Gasteiger partial charge in [0.15, 0.2) is 0 Å². The first-order valence-electron chi connectivity index (χ1n) is 9.90. The molecule has 0 saturated carbocycles. The lowest BCUT2D eigenvalue weighted by Gasteiger charge is -2.35. The van der Waals surface area contributed by atoms with Gasteiger partial charge in [-0.15, -0.1) is 4.99 Å². The Hall–Kier alpha value is -2.86. The van der Waals surface area contributed by atoms with Crippen LogP contribution in [0.5, 0.6) is 0 Å². The minimum absolute atomic E-state index is 0.185. The van der Waals surface area contributed by atoms with Crippen LogP contribution in [-0.4, -0.2) is 71.7 Å². The minimum Gasteiger partial charge on any atom is -0.444 e. The van der Waals surface area contributed by atoms with E-state index in [9.17, 15) is 4.79 Å². The quantitative estimate of drug-likeness (QED) is 0.336. The number of hydrogen-bond donors (Lipinski definition) is 1. The number of ether oxygens (including phenoxy) is 1. The Kier molecular flexibility index (Phi) is 8.21. The van der Waals surface area contributed by atoms with Crippen molar-refractivity contribution in [3.63, 3.8) is 0 Å². The van der Waals surface area contributed by atoms with E-state index in [0.29, 0.717) is 19.6 Å². The van der Waals surface area contributed by atoms with E-state index >= 15 is 0 Å². The Morgan fingerprint density at radius 2 is 1.93 bits per heavy atom. The number of carbonyl (C=O) groups excluding carboxylic acids is 1. The summed E-state index contributed by atoms with van der Waals surface area (Å²) in [5.41, 5.74) is 6.34. The first-order chi connectivity index (χ1) is 13.8. The summed E-state index contributed by atoms with van der Waals surface area (Å²) in [7, 11) is 0. The zero-order valence-corrected chi connectivity index (χ0v) is 17.5. The van der Waals surface area contributed by atoms with Gasteiger partial charge in [0, 0.05) is 50.8 Å². The molecule has 1 amide bonds. The van der Waals surface area contributed by atoms with E-state index in [1.165, 1.54) is 0 Å². The highest BCUT2D eigenvalue weighted by Crippen LogP contribution is 2.14. The number of aliphatic imine (C=N–C) groups is 1. The SMILES string of the molecule is CC(C)(C)OC(=O)N1CCN(CCCCN(C(N)=NC#N)c2ccncc2)CC1. The predicted octanol–water partition coefficient (Wildman–Crippen LogP) is 2.02. The summed E-state index contributed by atoms with van der Waals surface area (Å²) in [4.78, 5) is 25.8. The highest BCUT2D eigenvalue weighted by molar-refractivity contribution is 5.95. The second kappa shape index (κ2) is 10.6. The van der Waals surface area contributed by atoms with Gasteiger partial charge in [0.2, 0.25) is 12.2 Å². The molecule has 0 aliphatic carbocycles. The van der Waals surface area contributed by atoms with Gasteiger partial charge in [-0.2, -0.15) is 5.26 Å². The molecule has 1 aromatic rings. The summed E-state index contributed by atoms with van der Waals surface area (Å²) in [5, 5.41) is 8.80. The van der Waals surface area contributed by atoms with Crippen molar-refractivity contribution < 1.29 is 9.53 Å². The Bertz CT molecular complexity index is 717. The summed E-state index contributed by atoms with van der Waals surface area (Å²) < 4.78 is 5.43. The molecule has 29 heavy (non-hydrogen) atoms. The van der Waals surface area contributed by atoms with Gasteiger partial charge in [-0.3, -0.25) is 9.88 Å². The molecule has 1 aromatic heterocycles. The molecule has 0 bridgehead atoms. The monoisotopic (exact) mass is 401 g/mol. The molecule has 2 heterocycles. The number of unbranched alkanes of at least 4 members (excludes halogenated alkanes) is 1. The summed E-state index contributed by atoms with van der Waals surface area (Å²) in [6.45, 7) is 10.3. The Labute approximate surface area is 172 Å². The molecule has 0 spiro atoms. The van der Waals surface area contributed by atoms with Crippen LogP contribution in [0.1, 0.15) is 33.6 Å². The molecule has 1 aliphatic heterocycles. The van der Waals surface area contributed by atoms with Crippen molar-refractivity contribution in [1.29, 1.82) is 5.26 Å². The van der Waals surface area contributed by atoms with Crippen molar-refractivity contribution in [2.24, 2.45) is 10.7 Å². The van der Waals surface area contributed by atoms with Crippen molar-refractivity contribution >= 4 is 17.7 Å². The van der Waals surface area contributed by atoms with Crippen LogP contribution < -0.4 is 10.6 Å². The van der Waals surface area contributed by atoms with Crippen LogP contribution in [0.3, 0.4) is 0 Å². The van der Waals surface area contributed by atoms with Crippen molar-refractivity contribution in [2.75, 3.05) is 44.2 Å². The van der Waals surface area contributed by atoms with Crippen LogP contribution >= 0.6 is 0 Å². The molecule has 1 aliphatic rings. The maximum Gasteiger partial charge on any atom is 0.410 e. The fourth-order valence-corrected chi connectivity index (χ4v) is 3.10. The molecule has 0 aromatic carbocycles. The smallest absolute Gasteiger partial charge is 0.410 e. The standard InChI is InChI=1S/C20H31N7O2/c1-20(2,3)29-19(28)26-14-12-25(13-15-26)10-4-5-11-27(18(22)24-16-21)17-6-8-23-9-7-17/h6-9H,4-5,10-15H2,1-3H3,(H2,22,24). The first kappa shape index (κ1) is 22.4. The van der Waals surface area contributed by atoms with Gasteiger partial charge in [0.25, 0.3) is 0 Å². The van der Waals surface area contributed by atoms with Crippen LogP contribution in [-0.2, 0) is 4.74 Å². The van der Waals surface area contributed by atoms with Crippen molar-refractivity contribution in [3.8, 4) is 6.19 Å². The zero-order valence-electron chi connectivity index (χ0n) is 17.5. The Morgan fingerprint density at radius 1 is 1.28 bits per heavy atom. The van der Waals surface area contributed by atoms with E-state index < -0.39 is 5.60 Å². The van der Waals surface area contributed by atoms with E-state index in [-0.39, 0.29) is 12.1 Å². The summed E-state index contributed by atoms with van der Waals surface area (Å²) in [5.74, 6) is 0.185. The number of nitrogens with two attached hydrogens (primary N) is 1. The van der Waals surface area contributed by atoms with Gasteiger partial charge >= 0.3 is 6.09 Å². The fraction of sp³-hybridized carbons (Fsp3) is 0.600. The summed E-state index contributed by atoms with van der Waals surface area (Å²) >= 11 is 0. The van der Waals surface area contributed by atoms with Crippen molar-refractivity contribution in [2.45, 2.75) is 39.2 Å². The number of carbonyl (C=O) groups is 1. The molecule has 0 atom stereocenters. The van der Waals surface area contributed by atoms with E-state index in [4.69, 9.17) is 15.7 Å². The topological polar surface area (TPSA) is 111 Å². The third-order valence-corrected chi connectivity index (χ3v) is 4.55. The van der Waals surface area contributed by atoms with Crippen molar-refractivity contribution in [3.05, 3.63) is 24.5 Å². The maximum absolute atomic E-state index is 12.1. The number of rotatable bonds is 6. The molecular formula is C20H31N7O2. The number of nitrogens with zero attached hydrogens (tertiary/aromatic N) is 6. The minimum atomic E-state index is -0.467. The number of guanidine groups is 1. The van der Waals surface area contributed by atoms with Crippen LogP contribution in [0, 0.1) is 11.5 Å². The summed E-state index contributed by atoms with van der Waals surface area (Å²) in [6.07, 6.45) is 6.76. The second-order valence-corrected chi connectivity index (χ2v) is 7.94. The number of pyridine rings is 1. The maximum atomic E-state index is 12.1. The lowest BCUT2D eigenvalue weighted by atomic mass is 10.2. The number of nitriles is 1. The molecule has 158 valence electrons. The number of amides is 1. The molecule has 1 fully saturated rings. The van der Waals surface area contributed by atoms with Gasteiger partial charge in [-0.25, -0.2) is 4.79 Å². The highest BCUT2D eigenvalue weighted by Gasteiger charge is 2.25. The number of hydrogen-bond acceptors (Lipinski definition) is 6. The van der Waals surface area contributed by atoms with Gasteiger partial charge in [0.05, 0.1) is 0 Å². The number of anilines is 1. The average Bonchev–Trinajstić information content (AvgIpc) is 2.68. The predicted molar refractivity (Wildman–Crippen MR) is 112 cm³/mol. The molecular weight excluding hydrogens is 370 g/mol. The van der Waals surface area contributed by atoms with Crippen LogP contribution in [0.4, 0.5) is 10.5 Å². The lowest BCUT2D eigenvalue weighted by Crippen LogP contribution is -2.50. The largest absolute Gasteiger partial charge is 0.444 e. The van der Waals surface area contributed by atoms with Crippen LogP contribution in [0.25, 0.3) is 0 Å². The molecule has 2 N–H and O–H groups in total. The van der Waals surface area contributed by atoms with Gasteiger partial charge < -0.3 is 20.3 Å². The van der Waals surface area contributed by atoms with E-state index in [1.807, 2.05) is 37.8 Å². The second-order valence-electron chi connectivity index (χ2n) is 7.94. The highest BCUT2D eigenvalue weighted by atomic mass is 16.6. The van der Waals surface area contributed by atoms with Crippen LogP contribution in [0.15, 0.2) is 29.5 Å². The van der Waals surface area contributed by atoms with E-state index in [2.05, 4.69) is 14.9 Å². The van der Waals surface area contributed by atoms with Crippen LogP contribution in [0.2, 0.25) is 0 Å². The zero-order chi connectivity index (χ0) is 21.3. The molecule has 0 radical (unpaired) electrons. The fourth-order valence-electron chi connectivity index (χ4n) is 3.10. The van der Waals surface area contributed by atoms with E-state index in [0.717, 1.165) is 38.2 Å². The Balaban J connectivity index is 1.75.